The number of benzene rings is 5. The van der Waals surface area contributed by atoms with Crippen molar-refractivity contribution in [2.45, 2.75) is 26.2 Å². The summed E-state index contributed by atoms with van der Waals surface area (Å²) in [6, 6.07) is 31.9. The van der Waals surface area contributed by atoms with Gasteiger partial charge in [0.05, 0.1) is 0 Å². The lowest BCUT2D eigenvalue weighted by molar-refractivity contribution is 0.320. The van der Waals surface area contributed by atoms with Crippen molar-refractivity contribution in [1.82, 2.24) is 9.80 Å². The van der Waals surface area contributed by atoms with Gasteiger partial charge in [-0.25, -0.2) is 0 Å². The van der Waals surface area contributed by atoms with Crippen molar-refractivity contribution in [1.29, 1.82) is 0 Å². The first-order valence-electron chi connectivity index (χ1n) is 13.5. The van der Waals surface area contributed by atoms with E-state index in [2.05, 4.69) is 72.4 Å². The van der Waals surface area contributed by atoms with Crippen molar-refractivity contribution >= 4 is 46.7 Å². The normalized spacial score (nSPS) is 11.6. The average molecular weight is 532 g/mol. The first kappa shape index (κ1) is 28.1. The molecule has 0 fully saturated rings. The van der Waals surface area contributed by atoms with Gasteiger partial charge in [0, 0.05) is 26.2 Å². The highest BCUT2D eigenvalue weighted by Crippen LogP contribution is 2.34. The summed E-state index contributed by atoms with van der Waals surface area (Å²) in [5.41, 5.74) is 5.29. The molecule has 0 saturated carbocycles. The summed E-state index contributed by atoms with van der Waals surface area (Å²) in [4.78, 5) is 4.41. The van der Waals surface area contributed by atoms with E-state index in [0.717, 1.165) is 11.1 Å². The Balaban J connectivity index is 1.51. The van der Waals surface area contributed by atoms with Crippen molar-refractivity contribution in [3.63, 3.8) is 0 Å². The van der Waals surface area contributed by atoms with Gasteiger partial charge in [-0.15, -0.1) is 0 Å². The number of rotatable bonds is 10. The minimum atomic E-state index is -1.50. The number of fused-ring (bicyclic) bond motifs is 2. The molecule has 0 aliphatic heterocycles. The summed E-state index contributed by atoms with van der Waals surface area (Å²) in [6.45, 7) is 2.54. The summed E-state index contributed by atoms with van der Waals surface area (Å²) < 4.78 is 0. The molecule has 0 aromatic heterocycles. The van der Waals surface area contributed by atoms with Crippen LogP contribution in [0.25, 0.3) is 21.5 Å². The van der Waals surface area contributed by atoms with Crippen LogP contribution in [0, 0.1) is 0 Å². The molecule has 0 radical (unpaired) electrons. The van der Waals surface area contributed by atoms with Crippen LogP contribution in [-0.4, -0.2) is 58.2 Å². The highest BCUT2D eigenvalue weighted by atomic mass is 16.4. The van der Waals surface area contributed by atoms with Gasteiger partial charge in [0.2, 0.25) is 0 Å². The lowest BCUT2D eigenvalue weighted by atomic mass is 9.77. The zero-order valence-corrected chi connectivity index (χ0v) is 22.9. The van der Waals surface area contributed by atoms with E-state index in [9.17, 15) is 20.1 Å². The minimum Gasteiger partial charge on any atom is -0.423 e. The van der Waals surface area contributed by atoms with Gasteiger partial charge in [-0.1, -0.05) is 97.1 Å². The molecule has 5 aromatic carbocycles. The van der Waals surface area contributed by atoms with Crippen LogP contribution in [-0.2, 0) is 26.2 Å². The van der Waals surface area contributed by atoms with Crippen LogP contribution in [0.2, 0.25) is 0 Å². The Labute approximate surface area is 236 Å². The topological polar surface area (TPSA) is 87.4 Å². The fraction of sp³-hybridized carbons (Fsp3) is 0.188. The van der Waals surface area contributed by atoms with E-state index in [1.54, 1.807) is 12.1 Å². The third-order valence-corrected chi connectivity index (χ3v) is 7.56. The first-order valence-corrected chi connectivity index (χ1v) is 13.5. The monoisotopic (exact) mass is 532 g/mol. The molecule has 0 spiro atoms. The Morgan fingerprint density at radius 3 is 1.07 bits per heavy atom. The largest absolute Gasteiger partial charge is 0.488 e. The Morgan fingerprint density at radius 1 is 0.450 bits per heavy atom. The molecule has 0 heterocycles. The van der Waals surface area contributed by atoms with E-state index in [1.165, 1.54) is 32.7 Å². The molecular formula is C32H34B2N2O4. The van der Waals surface area contributed by atoms with Gasteiger partial charge in [0.1, 0.15) is 0 Å². The molecule has 0 amide bonds. The molecular weight excluding hydrogens is 498 g/mol. The van der Waals surface area contributed by atoms with Crippen LogP contribution in [0.3, 0.4) is 0 Å². The maximum Gasteiger partial charge on any atom is 0.488 e. The summed E-state index contributed by atoms with van der Waals surface area (Å²) in [5.74, 6) is 0. The zero-order valence-electron chi connectivity index (χ0n) is 22.9. The van der Waals surface area contributed by atoms with Crippen LogP contribution < -0.4 is 10.9 Å². The van der Waals surface area contributed by atoms with E-state index in [1.807, 2.05) is 36.4 Å². The average Bonchev–Trinajstić information content (AvgIpc) is 2.95. The van der Waals surface area contributed by atoms with E-state index in [4.69, 9.17) is 0 Å². The van der Waals surface area contributed by atoms with Gasteiger partial charge >= 0.3 is 14.2 Å². The van der Waals surface area contributed by atoms with Crippen molar-refractivity contribution < 1.29 is 20.1 Å². The predicted octanol–water partition coefficient (Wildman–Crippen LogP) is 2.62. The highest BCUT2D eigenvalue weighted by molar-refractivity contribution is 6.59. The van der Waals surface area contributed by atoms with E-state index >= 15 is 0 Å². The molecule has 40 heavy (non-hydrogen) atoms. The minimum absolute atomic E-state index is 0.526. The third kappa shape index (κ3) is 5.98. The molecule has 0 atom stereocenters. The fourth-order valence-corrected chi connectivity index (χ4v) is 5.74. The fourth-order valence-electron chi connectivity index (χ4n) is 5.74. The molecule has 5 aromatic rings. The van der Waals surface area contributed by atoms with Gasteiger partial charge in [-0.2, -0.15) is 0 Å². The van der Waals surface area contributed by atoms with Crippen LogP contribution in [0.4, 0.5) is 0 Å². The van der Waals surface area contributed by atoms with Gasteiger partial charge < -0.3 is 20.1 Å². The number of nitrogens with zero attached hydrogens (tertiary/aromatic N) is 2. The van der Waals surface area contributed by atoms with Crippen molar-refractivity contribution in [3.8, 4) is 0 Å². The highest BCUT2D eigenvalue weighted by Gasteiger charge is 2.20. The smallest absolute Gasteiger partial charge is 0.423 e. The molecule has 4 N–H and O–H groups in total. The molecule has 8 heteroatoms. The molecule has 0 bridgehead atoms. The summed E-state index contributed by atoms with van der Waals surface area (Å²) in [5, 5.41) is 44.1. The quantitative estimate of drug-likeness (QED) is 0.164. The Bertz CT molecular complexity index is 1450. The van der Waals surface area contributed by atoms with Crippen molar-refractivity contribution in [2.75, 3.05) is 14.1 Å². The maximum absolute atomic E-state index is 9.84. The summed E-state index contributed by atoms with van der Waals surface area (Å²) in [7, 11) is 1.10. The van der Waals surface area contributed by atoms with Crippen LogP contribution in [0.15, 0.2) is 97.1 Å². The molecule has 0 saturated heterocycles. The molecule has 0 aliphatic carbocycles. The van der Waals surface area contributed by atoms with Gasteiger partial charge in [-0.3, -0.25) is 9.80 Å². The molecule has 6 nitrogen and oxygen atoms in total. The second kappa shape index (κ2) is 12.4. The number of hydrogen-bond donors (Lipinski definition) is 4. The molecule has 5 rings (SSSR count). The Kier molecular flexibility index (Phi) is 8.66. The van der Waals surface area contributed by atoms with Crippen molar-refractivity contribution in [2.24, 2.45) is 0 Å². The van der Waals surface area contributed by atoms with Gasteiger partial charge in [0.15, 0.2) is 0 Å². The summed E-state index contributed by atoms with van der Waals surface area (Å²) in [6.07, 6.45) is 0. The van der Waals surface area contributed by atoms with E-state index in [0.29, 0.717) is 37.1 Å². The first-order chi connectivity index (χ1) is 19.3. The lowest BCUT2D eigenvalue weighted by Crippen LogP contribution is -2.35. The second-order valence-electron chi connectivity index (χ2n) is 10.5. The zero-order chi connectivity index (χ0) is 28.2. The van der Waals surface area contributed by atoms with Crippen LogP contribution >= 0.6 is 0 Å². The molecule has 0 aliphatic rings. The number of hydrogen-bond acceptors (Lipinski definition) is 6. The van der Waals surface area contributed by atoms with E-state index < -0.39 is 14.2 Å². The summed E-state index contributed by atoms with van der Waals surface area (Å²) >= 11 is 0. The Hall–Kier alpha value is -3.49. The maximum atomic E-state index is 9.84. The van der Waals surface area contributed by atoms with Gasteiger partial charge in [0.25, 0.3) is 0 Å². The second-order valence-corrected chi connectivity index (χ2v) is 10.5. The molecule has 202 valence electrons. The predicted molar refractivity (Wildman–Crippen MR) is 164 cm³/mol. The third-order valence-electron chi connectivity index (χ3n) is 7.56. The Morgan fingerprint density at radius 2 is 0.750 bits per heavy atom. The van der Waals surface area contributed by atoms with Crippen molar-refractivity contribution in [3.05, 3.63) is 119 Å². The van der Waals surface area contributed by atoms with Crippen LogP contribution in [0.5, 0.6) is 0 Å². The SMILES string of the molecule is CN(Cc1ccccc1B(O)O)Cc1c2ccccc2c(CN(C)Cc2ccccc2B(O)O)c2ccccc12. The van der Waals surface area contributed by atoms with E-state index in [-0.39, 0.29) is 0 Å². The van der Waals surface area contributed by atoms with Gasteiger partial charge in [-0.05, 0) is 68.8 Å². The standard InChI is InChI=1S/C32H34B2N2O4/c1-35(19-23-11-3-9-17-31(23)33(37)38)21-29-25-13-5-7-15-27(25)30(28-16-8-6-14-26(28)29)22-36(2)20-24-12-4-10-18-32(24)34(39)40/h3-18,37-40H,19-22H2,1-2H3. The van der Waals surface area contributed by atoms with Crippen LogP contribution in [0.1, 0.15) is 22.3 Å². The molecule has 0 unspecified atom stereocenters. The lowest BCUT2D eigenvalue weighted by Gasteiger charge is -2.25.